The summed E-state index contributed by atoms with van der Waals surface area (Å²) in [5.41, 5.74) is 8.79. The number of halogens is 1. The smallest absolute Gasteiger partial charge is 0.272 e. The van der Waals surface area contributed by atoms with E-state index in [4.69, 9.17) is 5.73 Å². The molecule has 0 aliphatic rings. The predicted molar refractivity (Wildman–Crippen MR) is 103 cm³/mol. The summed E-state index contributed by atoms with van der Waals surface area (Å²) in [6.07, 6.45) is 4.89. The van der Waals surface area contributed by atoms with Crippen molar-refractivity contribution in [3.8, 4) is 21.7 Å². The van der Waals surface area contributed by atoms with Crippen LogP contribution in [0.25, 0.3) is 43.6 Å². The number of anilines is 1. The fraction of sp³-hybridized carbons (Fsp3) is 0. The number of rotatable bonds is 2. The maximum atomic E-state index is 14.0. The second-order valence-electron chi connectivity index (χ2n) is 5.95. The third-order valence-electron chi connectivity index (χ3n) is 4.40. The molecule has 0 bridgehead atoms. The van der Waals surface area contributed by atoms with Crippen LogP contribution in [-0.2, 0) is 0 Å². The lowest BCUT2D eigenvalue weighted by atomic mass is 9.99. The first-order valence-electron chi connectivity index (χ1n) is 7.97. The molecule has 0 saturated carbocycles. The van der Waals surface area contributed by atoms with E-state index < -0.39 is 11.4 Å². The molecule has 1 aromatic carbocycles. The highest BCUT2D eigenvalue weighted by atomic mass is 32.1. The third-order valence-corrected chi connectivity index (χ3v) is 5.22. The average Bonchev–Trinajstić information content (AvgIpc) is 3.36. The highest BCUT2D eigenvalue weighted by Gasteiger charge is 2.18. The van der Waals surface area contributed by atoms with E-state index in [0.29, 0.717) is 27.5 Å². The van der Waals surface area contributed by atoms with Gasteiger partial charge in [-0.15, -0.1) is 11.3 Å². The highest BCUT2D eigenvalue weighted by Crippen LogP contribution is 2.36. The van der Waals surface area contributed by atoms with Gasteiger partial charge in [0.25, 0.3) is 5.56 Å². The molecule has 27 heavy (non-hydrogen) atoms. The van der Waals surface area contributed by atoms with Crippen LogP contribution in [0, 0.1) is 5.82 Å². The molecule has 0 radical (unpaired) electrons. The summed E-state index contributed by atoms with van der Waals surface area (Å²) in [6, 6.07) is 4.70. The van der Waals surface area contributed by atoms with Crippen molar-refractivity contribution in [2.45, 2.75) is 0 Å². The number of pyridine rings is 2. The largest absolute Gasteiger partial charge is 0.394 e. The van der Waals surface area contributed by atoms with Gasteiger partial charge in [0, 0.05) is 34.3 Å². The monoisotopic (exact) mass is 378 g/mol. The van der Waals surface area contributed by atoms with Gasteiger partial charge in [-0.05, 0) is 17.7 Å². The minimum Gasteiger partial charge on any atom is -0.394 e. The van der Waals surface area contributed by atoms with Crippen LogP contribution in [0.1, 0.15) is 0 Å². The number of nitrogens with one attached hydrogen (secondary N) is 2. The van der Waals surface area contributed by atoms with Gasteiger partial charge in [-0.3, -0.25) is 14.9 Å². The molecule has 0 aliphatic heterocycles. The molecule has 4 aromatic heterocycles. The number of fused-ring (bicyclic) bond motifs is 2. The van der Waals surface area contributed by atoms with Crippen molar-refractivity contribution in [3.63, 3.8) is 0 Å². The SMILES string of the molecule is Nc1c(-c2ccc(F)c3[nH]ncc23)c2ncc(-c3nccs3)cc2[nH]c1=O. The van der Waals surface area contributed by atoms with Gasteiger partial charge in [0.05, 0.1) is 17.2 Å². The van der Waals surface area contributed by atoms with E-state index in [0.717, 1.165) is 10.6 Å². The molecule has 7 nitrogen and oxygen atoms in total. The van der Waals surface area contributed by atoms with E-state index in [-0.39, 0.29) is 11.2 Å². The number of nitrogens with zero attached hydrogens (tertiary/aromatic N) is 3. The lowest BCUT2D eigenvalue weighted by Crippen LogP contribution is -2.14. The molecule has 0 amide bonds. The van der Waals surface area contributed by atoms with Crippen LogP contribution < -0.4 is 11.3 Å². The maximum Gasteiger partial charge on any atom is 0.272 e. The number of hydrogen-bond acceptors (Lipinski definition) is 6. The normalized spacial score (nSPS) is 11.4. The second kappa shape index (κ2) is 5.71. The molecular formula is C18H11FN6OS. The number of nitrogens with two attached hydrogens (primary N) is 1. The summed E-state index contributed by atoms with van der Waals surface area (Å²) in [7, 11) is 0. The van der Waals surface area contributed by atoms with Crippen molar-refractivity contribution < 1.29 is 4.39 Å². The summed E-state index contributed by atoms with van der Waals surface area (Å²) >= 11 is 1.48. The van der Waals surface area contributed by atoms with Crippen molar-refractivity contribution in [1.29, 1.82) is 0 Å². The third kappa shape index (κ3) is 2.32. The van der Waals surface area contributed by atoms with E-state index in [1.165, 1.54) is 23.6 Å². The van der Waals surface area contributed by atoms with Crippen molar-refractivity contribution in [3.05, 3.63) is 58.3 Å². The van der Waals surface area contributed by atoms with Gasteiger partial charge in [0.1, 0.15) is 22.0 Å². The zero-order valence-corrected chi connectivity index (χ0v) is 14.5. The fourth-order valence-electron chi connectivity index (χ4n) is 3.17. The summed E-state index contributed by atoms with van der Waals surface area (Å²) < 4.78 is 14.0. The molecule has 5 rings (SSSR count). The zero-order valence-electron chi connectivity index (χ0n) is 13.7. The Morgan fingerprint density at radius 2 is 2.07 bits per heavy atom. The Morgan fingerprint density at radius 1 is 1.19 bits per heavy atom. The zero-order chi connectivity index (χ0) is 18.5. The Morgan fingerprint density at radius 3 is 2.89 bits per heavy atom. The van der Waals surface area contributed by atoms with E-state index in [9.17, 15) is 9.18 Å². The van der Waals surface area contributed by atoms with Gasteiger partial charge in [-0.1, -0.05) is 6.07 Å². The first-order valence-corrected chi connectivity index (χ1v) is 8.85. The van der Waals surface area contributed by atoms with E-state index in [1.54, 1.807) is 18.5 Å². The summed E-state index contributed by atoms with van der Waals surface area (Å²) in [5.74, 6) is -0.432. The van der Waals surface area contributed by atoms with Gasteiger partial charge in [0.2, 0.25) is 0 Å². The number of hydrogen-bond donors (Lipinski definition) is 3. The van der Waals surface area contributed by atoms with Gasteiger partial charge in [-0.25, -0.2) is 9.37 Å². The molecule has 4 N–H and O–H groups in total. The summed E-state index contributed by atoms with van der Waals surface area (Å²) in [6.45, 7) is 0. The van der Waals surface area contributed by atoms with Crippen LogP contribution in [0.3, 0.4) is 0 Å². The first-order chi connectivity index (χ1) is 13.1. The number of thiazole rings is 1. The van der Waals surface area contributed by atoms with Crippen LogP contribution in [-0.4, -0.2) is 25.1 Å². The number of benzene rings is 1. The fourth-order valence-corrected chi connectivity index (χ4v) is 3.79. The molecule has 132 valence electrons. The van der Waals surface area contributed by atoms with Gasteiger partial charge in [-0.2, -0.15) is 5.10 Å². The quantitative estimate of drug-likeness (QED) is 0.436. The Hall–Kier alpha value is -3.59. The Balaban J connectivity index is 1.86. The van der Waals surface area contributed by atoms with Crippen molar-refractivity contribution >= 4 is 39.0 Å². The van der Waals surface area contributed by atoms with Crippen LogP contribution in [0.15, 0.2) is 47.0 Å². The lowest BCUT2D eigenvalue weighted by Gasteiger charge is -2.11. The van der Waals surface area contributed by atoms with Gasteiger partial charge in [0.15, 0.2) is 0 Å². The van der Waals surface area contributed by atoms with Crippen molar-refractivity contribution in [1.82, 2.24) is 25.1 Å². The number of aromatic nitrogens is 5. The molecule has 0 atom stereocenters. The van der Waals surface area contributed by atoms with Gasteiger partial charge >= 0.3 is 0 Å². The topological polar surface area (TPSA) is 113 Å². The van der Waals surface area contributed by atoms with Crippen LogP contribution in [0.2, 0.25) is 0 Å². The Kier molecular flexibility index (Phi) is 3.31. The first kappa shape index (κ1) is 15.6. The highest BCUT2D eigenvalue weighted by molar-refractivity contribution is 7.13. The van der Waals surface area contributed by atoms with E-state index in [2.05, 4.69) is 25.1 Å². The average molecular weight is 378 g/mol. The predicted octanol–water partition coefficient (Wildman–Crippen LogP) is 3.31. The summed E-state index contributed by atoms with van der Waals surface area (Å²) in [5, 5.41) is 9.73. The molecule has 5 aromatic rings. The van der Waals surface area contributed by atoms with Crippen molar-refractivity contribution in [2.24, 2.45) is 0 Å². The maximum absolute atomic E-state index is 14.0. The van der Waals surface area contributed by atoms with Crippen LogP contribution in [0.4, 0.5) is 10.1 Å². The van der Waals surface area contributed by atoms with E-state index >= 15 is 0 Å². The molecule has 9 heteroatoms. The minimum atomic E-state index is -0.434. The number of H-pyrrole nitrogens is 2. The number of aromatic amines is 2. The van der Waals surface area contributed by atoms with Gasteiger partial charge < -0.3 is 10.7 Å². The molecule has 0 unspecified atom stereocenters. The Labute approximate surface area is 154 Å². The Bertz CT molecular complexity index is 1370. The van der Waals surface area contributed by atoms with Crippen molar-refractivity contribution in [2.75, 3.05) is 5.73 Å². The lowest BCUT2D eigenvalue weighted by molar-refractivity contribution is 0.636. The standard InChI is InChI=1S/C18H11FN6OS/c19-11-2-1-9(10-7-23-25-15(10)11)13-14(20)17(26)24-12-5-8(6-22-16(12)13)18-21-3-4-27-18/h1-7H,20H2,(H,23,25)(H,24,26). The van der Waals surface area contributed by atoms with Crippen LogP contribution in [0.5, 0.6) is 0 Å². The molecule has 0 spiro atoms. The van der Waals surface area contributed by atoms with E-state index in [1.807, 2.05) is 11.4 Å². The molecule has 4 heterocycles. The second-order valence-corrected chi connectivity index (χ2v) is 6.85. The number of nitrogen functional groups attached to an aromatic ring is 1. The molecule has 0 fully saturated rings. The van der Waals surface area contributed by atoms with Crippen LogP contribution >= 0.6 is 11.3 Å². The summed E-state index contributed by atoms with van der Waals surface area (Å²) in [4.78, 5) is 24.0. The molecule has 0 saturated heterocycles. The minimum absolute atomic E-state index is 0.0195. The molecular weight excluding hydrogens is 367 g/mol. The molecule has 0 aliphatic carbocycles.